The van der Waals surface area contributed by atoms with E-state index in [1.807, 2.05) is 35.7 Å². The van der Waals surface area contributed by atoms with Gasteiger partial charge < -0.3 is 0 Å². The number of hydrogen-bond acceptors (Lipinski definition) is 4. The van der Waals surface area contributed by atoms with Crippen LogP contribution >= 0.6 is 23.1 Å². The van der Waals surface area contributed by atoms with Crippen molar-refractivity contribution in [2.75, 3.05) is 0 Å². The highest BCUT2D eigenvalue weighted by Crippen LogP contribution is 2.25. The van der Waals surface area contributed by atoms with Gasteiger partial charge in [0.15, 0.2) is 0 Å². The molecule has 0 radical (unpaired) electrons. The summed E-state index contributed by atoms with van der Waals surface area (Å²) in [6.45, 7) is 0. The smallest absolute Gasteiger partial charge is 0.127 e. The molecule has 0 bridgehead atoms. The second-order valence-electron chi connectivity index (χ2n) is 4.11. The zero-order valence-corrected chi connectivity index (χ0v) is 12.1. The molecule has 0 saturated heterocycles. The van der Waals surface area contributed by atoms with Crippen molar-refractivity contribution >= 4 is 23.1 Å². The number of thioether (sulfide) groups is 1. The van der Waals surface area contributed by atoms with Crippen molar-refractivity contribution < 1.29 is 4.39 Å². The Morgan fingerprint density at radius 3 is 2.60 bits per heavy atom. The fraction of sp³-hybridized carbons (Fsp3) is 0.0667. The van der Waals surface area contributed by atoms with Gasteiger partial charge >= 0.3 is 0 Å². The van der Waals surface area contributed by atoms with Gasteiger partial charge in [-0.05, 0) is 35.2 Å². The van der Waals surface area contributed by atoms with Crippen molar-refractivity contribution in [2.45, 2.75) is 10.8 Å². The molecule has 3 rings (SSSR count). The standard InChI is InChI=1S/C15H11FN2S2/c16-12-5-2-1-4-11(12)10-20-15-8-7-13(17-18-15)14-6-3-9-19-14/h1-9H,10H2. The summed E-state index contributed by atoms with van der Waals surface area (Å²) in [5.41, 5.74) is 1.55. The summed E-state index contributed by atoms with van der Waals surface area (Å²) in [5.74, 6) is 0.378. The second kappa shape index (κ2) is 6.15. The molecule has 0 aliphatic heterocycles. The Morgan fingerprint density at radius 2 is 1.90 bits per heavy atom. The van der Waals surface area contributed by atoms with Crippen LogP contribution in [0.2, 0.25) is 0 Å². The Balaban J connectivity index is 1.68. The maximum atomic E-state index is 13.5. The summed E-state index contributed by atoms with van der Waals surface area (Å²) >= 11 is 3.12. The van der Waals surface area contributed by atoms with E-state index in [1.54, 1.807) is 23.5 Å². The lowest BCUT2D eigenvalue weighted by Gasteiger charge is -2.02. The molecule has 0 N–H and O–H groups in total. The topological polar surface area (TPSA) is 25.8 Å². The SMILES string of the molecule is Fc1ccccc1CSc1ccc(-c2cccs2)nn1. The lowest BCUT2D eigenvalue weighted by atomic mass is 10.2. The Kier molecular flexibility index (Phi) is 4.08. The van der Waals surface area contributed by atoms with E-state index in [0.717, 1.165) is 15.6 Å². The van der Waals surface area contributed by atoms with Gasteiger partial charge in [-0.25, -0.2) is 4.39 Å². The minimum atomic E-state index is -0.178. The molecule has 2 heterocycles. The summed E-state index contributed by atoms with van der Waals surface area (Å²) in [4.78, 5) is 1.10. The number of benzene rings is 1. The second-order valence-corrected chi connectivity index (χ2v) is 6.06. The Labute approximate surface area is 124 Å². The lowest BCUT2D eigenvalue weighted by molar-refractivity contribution is 0.617. The van der Waals surface area contributed by atoms with E-state index in [9.17, 15) is 4.39 Å². The van der Waals surface area contributed by atoms with Gasteiger partial charge in [-0.1, -0.05) is 36.0 Å². The average molecular weight is 302 g/mol. The minimum Gasteiger partial charge on any atom is -0.207 e. The first-order chi connectivity index (χ1) is 9.83. The first-order valence-corrected chi connectivity index (χ1v) is 7.93. The van der Waals surface area contributed by atoms with E-state index in [1.165, 1.54) is 17.8 Å². The first-order valence-electron chi connectivity index (χ1n) is 6.07. The molecule has 0 fully saturated rings. The van der Waals surface area contributed by atoms with Crippen LogP contribution in [0.1, 0.15) is 5.56 Å². The maximum Gasteiger partial charge on any atom is 0.127 e. The maximum absolute atomic E-state index is 13.5. The van der Waals surface area contributed by atoms with Gasteiger partial charge in [-0.3, -0.25) is 0 Å². The molecule has 0 aliphatic carbocycles. The van der Waals surface area contributed by atoms with Crippen LogP contribution in [-0.4, -0.2) is 10.2 Å². The molecular formula is C15H11FN2S2. The van der Waals surface area contributed by atoms with E-state index >= 15 is 0 Å². The number of nitrogens with zero attached hydrogens (tertiary/aromatic N) is 2. The van der Waals surface area contributed by atoms with Crippen molar-refractivity contribution in [1.29, 1.82) is 0 Å². The predicted octanol–water partition coefficient (Wildman–Crippen LogP) is 4.64. The number of rotatable bonds is 4. The quantitative estimate of drug-likeness (QED) is 0.657. The van der Waals surface area contributed by atoms with Gasteiger partial charge in [-0.2, -0.15) is 0 Å². The third-order valence-electron chi connectivity index (χ3n) is 2.75. The fourth-order valence-corrected chi connectivity index (χ4v) is 3.21. The summed E-state index contributed by atoms with van der Waals surface area (Å²) in [6, 6.07) is 14.7. The van der Waals surface area contributed by atoms with Crippen molar-refractivity contribution in [2.24, 2.45) is 0 Å². The van der Waals surface area contributed by atoms with Crippen LogP contribution < -0.4 is 0 Å². The first kappa shape index (κ1) is 13.3. The largest absolute Gasteiger partial charge is 0.207 e. The van der Waals surface area contributed by atoms with Crippen molar-refractivity contribution in [3.05, 3.63) is 65.3 Å². The van der Waals surface area contributed by atoms with Gasteiger partial charge in [0.05, 0.1) is 4.88 Å². The molecular weight excluding hydrogens is 291 g/mol. The molecule has 20 heavy (non-hydrogen) atoms. The number of thiophene rings is 1. The number of hydrogen-bond donors (Lipinski definition) is 0. The van der Waals surface area contributed by atoms with Crippen LogP contribution in [0.15, 0.2) is 58.9 Å². The molecule has 3 aromatic rings. The summed E-state index contributed by atoms with van der Waals surface area (Å²) in [5, 5.41) is 11.2. The Morgan fingerprint density at radius 1 is 1.00 bits per heavy atom. The van der Waals surface area contributed by atoms with Crippen molar-refractivity contribution in [1.82, 2.24) is 10.2 Å². The molecule has 0 atom stereocenters. The molecule has 2 aromatic heterocycles. The third kappa shape index (κ3) is 3.05. The molecule has 5 heteroatoms. The average Bonchev–Trinajstić information content (AvgIpc) is 3.01. The van der Waals surface area contributed by atoms with E-state index in [4.69, 9.17) is 0 Å². The van der Waals surface area contributed by atoms with Crippen molar-refractivity contribution in [3.63, 3.8) is 0 Å². The Bertz CT molecular complexity index is 681. The third-order valence-corrected chi connectivity index (χ3v) is 4.61. The molecule has 0 aliphatic rings. The van der Waals surface area contributed by atoms with Crippen molar-refractivity contribution in [3.8, 4) is 10.6 Å². The molecule has 0 unspecified atom stereocenters. The van der Waals surface area contributed by atoms with E-state index < -0.39 is 0 Å². The van der Waals surface area contributed by atoms with Crippen LogP contribution in [0.4, 0.5) is 4.39 Å². The van der Waals surface area contributed by atoms with Crippen LogP contribution in [-0.2, 0) is 5.75 Å². The number of halogens is 1. The summed E-state index contributed by atoms with van der Waals surface area (Å²) in [7, 11) is 0. The van der Waals surface area contributed by atoms with Gasteiger partial charge in [0.25, 0.3) is 0 Å². The zero-order chi connectivity index (χ0) is 13.8. The molecule has 0 spiro atoms. The summed E-state index contributed by atoms with van der Waals surface area (Å²) < 4.78 is 13.5. The molecule has 100 valence electrons. The number of aromatic nitrogens is 2. The van der Waals surface area contributed by atoms with Gasteiger partial charge in [0, 0.05) is 5.75 Å². The highest BCUT2D eigenvalue weighted by Gasteiger charge is 2.05. The van der Waals surface area contributed by atoms with Gasteiger partial charge in [0.2, 0.25) is 0 Å². The van der Waals surface area contributed by atoms with E-state index in [2.05, 4.69) is 10.2 Å². The monoisotopic (exact) mass is 302 g/mol. The van der Waals surface area contributed by atoms with E-state index in [-0.39, 0.29) is 5.82 Å². The van der Waals surface area contributed by atoms with Crippen LogP contribution in [0.25, 0.3) is 10.6 Å². The summed E-state index contributed by atoms with van der Waals surface area (Å²) in [6.07, 6.45) is 0. The minimum absolute atomic E-state index is 0.178. The fourth-order valence-electron chi connectivity index (χ4n) is 1.72. The normalized spacial score (nSPS) is 10.7. The van der Waals surface area contributed by atoms with E-state index in [0.29, 0.717) is 11.3 Å². The highest BCUT2D eigenvalue weighted by atomic mass is 32.2. The lowest BCUT2D eigenvalue weighted by Crippen LogP contribution is -1.90. The molecule has 2 nitrogen and oxygen atoms in total. The van der Waals surface area contributed by atoms with Gasteiger partial charge in [0.1, 0.15) is 16.5 Å². The zero-order valence-electron chi connectivity index (χ0n) is 10.5. The van der Waals surface area contributed by atoms with Crippen LogP contribution in [0.3, 0.4) is 0 Å². The highest BCUT2D eigenvalue weighted by molar-refractivity contribution is 7.98. The molecule has 0 saturated carbocycles. The van der Waals surface area contributed by atoms with Gasteiger partial charge in [-0.15, -0.1) is 21.5 Å². The van der Waals surface area contributed by atoms with Crippen LogP contribution in [0.5, 0.6) is 0 Å². The van der Waals surface area contributed by atoms with Crippen LogP contribution in [0, 0.1) is 5.82 Å². The predicted molar refractivity (Wildman–Crippen MR) is 81.3 cm³/mol. The molecule has 1 aromatic carbocycles. The Hall–Kier alpha value is -1.72. The molecule has 0 amide bonds.